The molecule has 1 saturated carbocycles. The van der Waals surface area contributed by atoms with Crippen molar-refractivity contribution < 1.29 is 13.9 Å². The highest BCUT2D eigenvalue weighted by Gasteiger charge is 2.30. The zero-order valence-corrected chi connectivity index (χ0v) is 12.3. The minimum atomic E-state index is -0.313. The van der Waals surface area contributed by atoms with Crippen LogP contribution in [0.3, 0.4) is 0 Å². The maximum Gasteiger partial charge on any atom is 0.341 e. The molecule has 0 spiro atoms. The minimum Gasteiger partial charge on any atom is -0.467 e. The molecule has 5 nitrogen and oxygen atoms in total. The number of carbonyl (C=O) groups excluding carboxylic acids is 1. The Morgan fingerprint density at radius 2 is 2.35 bits per heavy atom. The van der Waals surface area contributed by atoms with Gasteiger partial charge < -0.3 is 14.9 Å². The van der Waals surface area contributed by atoms with Crippen molar-refractivity contribution in [1.82, 2.24) is 4.90 Å². The van der Waals surface area contributed by atoms with Crippen LogP contribution in [0.25, 0.3) is 0 Å². The standard InChI is InChI=1S/C15H24N2O3/c1-3-19-15(18)12-7-8-20-14(12)10-17(2)13-6-4-5-11(13)9-16/h7-8,11,13H,3-6,9-10,16H2,1-2H3. The SMILES string of the molecule is CCOC(=O)c1ccoc1CN(C)C1CCCC1CN. The molecule has 20 heavy (non-hydrogen) atoms. The first kappa shape index (κ1) is 15.1. The van der Waals surface area contributed by atoms with Crippen LogP contribution < -0.4 is 5.73 Å². The fourth-order valence-electron chi connectivity index (χ4n) is 3.07. The van der Waals surface area contributed by atoms with Crippen LogP contribution in [0.2, 0.25) is 0 Å². The third kappa shape index (κ3) is 3.22. The van der Waals surface area contributed by atoms with Gasteiger partial charge in [-0.1, -0.05) is 6.42 Å². The van der Waals surface area contributed by atoms with E-state index in [1.54, 1.807) is 19.3 Å². The normalized spacial score (nSPS) is 22.4. The molecule has 112 valence electrons. The maximum absolute atomic E-state index is 11.8. The van der Waals surface area contributed by atoms with E-state index in [-0.39, 0.29) is 5.97 Å². The predicted octanol–water partition coefficient (Wildman–Crippen LogP) is 2.02. The first-order valence-corrected chi connectivity index (χ1v) is 7.31. The molecular formula is C15H24N2O3. The van der Waals surface area contributed by atoms with Crippen LogP contribution >= 0.6 is 0 Å². The van der Waals surface area contributed by atoms with Gasteiger partial charge in [-0.15, -0.1) is 0 Å². The van der Waals surface area contributed by atoms with Gasteiger partial charge in [0.05, 0.1) is 19.4 Å². The van der Waals surface area contributed by atoms with Gasteiger partial charge in [-0.2, -0.15) is 0 Å². The molecule has 1 fully saturated rings. The molecular weight excluding hydrogens is 256 g/mol. The number of hydrogen-bond donors (Lipinski definition) is 1. The zero-order valence-electron chi connectivity index (χ0n) is 12.3. The number of furan rings is 1. The fraction of sp³-hybridized carbons (Fsp3) is 0.667. The van der Waals surface area contributed by atoms with Crippen LogP contribution in [0.15, 0.2) is 16.7 Å². The van der Waals surface area contributed by atoms with Gasteiger partial charge >= 0.3 is 5.97 Å². The van der Waals surface area contributed by atoms with Gasteiger partial charge in [-0.3, -0.25) is 4.90 Å². The summed E-state index contributed by atoms with van der Waals surface area (Å²) in [4.78, 5) is 14.1. The third-order valence-electron chi connectivity index (χ3n) is 4.12. The quantitative estimate of drug-likeness (QED) is 0.807. The van der Waals surface area contributed by atoms with Gasteiger partial charge in [-0.05, 0) is 45.3 Å². The van der Waals surface area contributed by atoms with E-state index in [0.29, 0.717) is 36.4 Å². The number of ether oxygens (including phenoxy) is 1. The molecule has 0 aromatic carbocycles. The van der Waals surface area contributed by atoms with Crippen LogP contribution in [0.5, 0.6) is 0 Å². The van der Waals surface area contributed by atoms with Gasteiger partial charge in [0.1, 0.15) is 11.3 Å². The summed E-state index contributed by atoms with van der Waals surface area (Å²) in [6.45, 7) is 3.51. The molecule has 2 rings (SSSR count). The summed E-state index contributed by atoms with van der Waals surface area (Å²) < 4.78 is 10.5. The molecule has 0 saturated heterocycles. The van der Waals surface area contributed by atoms with Gasteiger partial charge in [0, 0.05) is 6.04 Å². The highest BCUT2D eigenvalue weighted by molar-refractivity contribution is 5.90. The van der Waals surface area contributed by atoms with Crippen LogP contribution in [0.1, 0.15) is 42.3 Å². The number of nitrogens with two attached hydrogens (primary N) is 1. The maximum atomic E-state index is 11.8. The summed E-state index contributed by atoms with van der Waals surface area (Å²) >= 11 is 0. The molecule has 1 heterocycles. The second kappa shape index (κ2) is 6.90. The van der Waals surface area contributed by atoms with Crippen LogP contribution in [-0.2, 0) is 11.3 Å². The average molecular weight is 280 g/mol. The van der Waals surface area contributed by atoms with Crippen molar-refractivity contribution in [2.24, 2.45) is 11.7 Å². The number of hydrogen-bond acceptors (Lipinski definition) is 5. The average Bonchev–Trinajstić information content (AvgIpc) is 3.06. The minimum absolute atomic E-state index is 0.313. The molecule has 2 atom stereocenters. The van der Waals surface area contributed by atoms with Gasteiger partial charge in [0.15, 0.2) is 0 Å². The van der Waals surface area contributed by atoms with Crippen molar-refractivity contribution >= 4 is 5.97 Å². The number of rotatable bonds is 6. The lowest BCUT2D eigenvalue weighted by Gasteiger charge is -2.28. The molecule has 1 aliphatic carbocycles. The lowest BCUT2D eigenvalue weighted by Crippen LogP contribution is -2.37. The van der Waals surface area contributed by atoms with Crippen LogP contribution in [0.4, 0.5) is 0 Å². The highest BCUT2D eigenvalue weighted by atomic mass is 16.5. The van der Waals surface area contributed by atoms with Crippen molar-refractivity contribution in [3.05, 3.63) is 23.7 Å². The molecule has 1 aliphatic rings. The van der Waals surface area contributed by atoms with E-state index in [9.17, 15) is 4.79 Å². The van der Waals surface area contributed by atoms with E-state index in [2.05, 4.69) is 11.9 Å². The molecule has 0 bridgehead atoms. The Balaban J connectivity index is 2.03. The number of esters is 1. The summed E-state index contributed by atoms with van der Waals surface area (Å²) in [5.41, 5.74) is 6.36. The smallest absolute Gasteiger partial charge is 0.341 e. The Labute approximate surface area is 120 Å². The number of carbonyl (C=O) groups is 1. The van der Waals surface area contributed by atoms with Crippen molar-refractivity contribution in [3.63, 3.8) is 0 Å². The van der Waals surface area contributed by atoms with Crippen LogP contribution in [0, 0.1) is 5.92 Å². The van der Waals surface area contributed by atoms with E-state index in [4.69, 9.17) is 14.9 Å². The predicted molar refractivity (Wildman–Crippen MR) is 76.3 cm³/mol. The first-order chi connectivity index (χ1) is 9.67. The Morgan fingerprint density at radius 1 is 1.55 bits per heavy atom. The fourth-order valence-corrected chi connectivity index (χ4v) is 3.07. The lowest BCUT2D eigenvalue weighted by atomic mass is 10.0. The molecule has 2 unspecified atom stereocenters. The van der Waals surface area contributed by atoms with Gasteiger partial charge in [0.25, 0.3) is 0 Å². The van der Waals surface area contributed by atoms with Crippen molar-refractivity contribution in [2.75, 3.05) is 20.2 Å². The zero-order chi connectivity index (χ0) is 14.5. The Morgan fingerprint density at radius 3 is 3.05 bits per heavy atom. The molecule has 1 aromatic rings. The second-order valence-corrected chi connectivity index (χ2v) is 5.39. The Hall–Kier alpha value is -1.33. The topological polar surface area (TPSA) is 68.7 Å². The molecule has 0 aliphatic heterocycles. The van der Waals surface area contributed by atoms with Crippen molar-refractivity contribution in [3.8, 4) is 0 Å². The number of nitrogens with zero attached hydrogens (tertiary/aromatic N) is 1. The monoisotopic (exact) mass is 280 g/mol. The molecule has 0 radical (unpaired) electrons. The van der Waals surface area contributed by atoms with E-state index in [1.165, 1.54) is 12.8 Å². The van der Waals surface area contributed by atoms with E-state index in [1.807, 2.05) is 0 Å². The third-order valence-corrected chi connectivity index (χ3v) is 4.12. The molecule has 0 amide bonds. The summed E-state index contributed by atoms with van der Waals surface area (Å²) in [6.07, 6.45) is 5.12. The van der Waals surface area contributed by atoms with E-state index >= 15 is 0 Å². The van der Waals surface area contributed by atoms with Crippen molar-refractivity contribution in [1.29, 1.82) is 0 Å². The van der Waals surface area contributed by atoms with E-state index < -0.39 is 0 Å². The molecule has 1 aromatic heterocycles. The van der Waals surface area contributed by atoms with E-state index in [0.717, 1.165) is 13.0 Å². The summed E-state index contributed by atoms with van der Waals surface area (Å²) in [7, 11) is 2.07. The molecule has 2 N–H and O–H groups in total. The summed E-state index contributed by atoms with van der Waals surface area (Å²) in [5.74, 6) is 0.904. The highest BCUT2D eigenvalue weighted by Crippen LogP contribution is 2.29. The lowest BCUT2D eigenvalue weighted by molar-refractivity contribution is 0.0521. The van der Waals surface area contributed by atoms with Crippen LogP contribution in [-0.4, -0.2) is 37.1 Å². The summed E-state index contributed by atoms with van der Waals surface area (Å²) in [6, 6.07) is 2.15. The largest absolute Gasteiger partial charge is 0.467 e. The first-order valence-electron chi connectivity index (χ1n) is 7.31. The Kier molecular flexibility index (Phi) is 5.20. The van der Waals surface area contributed by atoms with Gasteiger partial charge in [-0.25, -0.2) is 4.79 Å². The molecule has 5 heteroatoms. The summed E-state index contributed by atoms with van der Waals surface area (Å²) in [5, 5.41) is 0. The second-order valence-electron chi connectivity index (χ2n) is 5.39. The Bertz CT molecular complexity index is 444. The van der Waals surface area contributed by atoms with Crippen molar-refractivity contribution in [2.45, 2.75) is 38.8 Å². The van der Waals surface area contributed by atoms with Gasteiger partial charge in [0.2, 0.25) is 0 Å².